The van der Waals surface area contributed by atoms with E-state index < -0.39 is 6.10 Å². The molecule has 0 aliphatic carbocycles. The Hall–Kier alpha value is -1.94. The van der Waals surface area contributed by atoms with Crippen LogP contribution in [0.25, 0.3) is 10.9 Å². The van der Waals surface area contributed by atoms with Gasteiger partial charge in [-0.25, -0.2) is 0 Å². The minimum atomic E-state index is -0.405. The number of nitrogens with zero attached hydrogens (tertiary/aromatic N) is 2. The molecular weight excluding hydrogens is 252 g/mol. The van der Waals surface area contributed by atoms with Crippen molar-refractivity contribution in [2.24, 2.45) is 0 Å². The van der Waals surface area contributed by atoms with Crippen molar-refractivity contribution in [2.45, 2.75) is 25.9 Å². The lowest BCUT2D eigenvalue weighted by atomic mass is 10.0. The van der Waals surface area contributed by atoms with Crippen LogP contribution in [0.5, 0.6) is 0 Å². The summed E-state index contributed by atoms with van der Waals surface area (Å²) in [5, 5.41) is 10.7. The second kappa shape index (κ2) is 5.21. The molecule has 20 heavy (non-hydrogen) atoms. The molecule has 1 aliphatic rings. The normalized spacial score (nSPS) is 19.3. The maximum absolute atomic E-state index is 12.6. The lowest BCUT2D eigenvalue weighted by molar-refractivity contribution is 0.0475. The first-order chi connectivity index (χ1) is 9.65. The Labute approximate surface area is 118 Å². The molecular formula is C16H18N2O2. The molecule has 4 heteroatoms. The van der Waals surface area contributed by atoms with E-state index in [1.165, 1.54) is 0 Å². The van der Waals surface area contributed by atoms with Gasteiger partial charge in [0, 0.05) is 24.2 Å². The van der Waals surface area contributed by atoms with Gasteiger partial charge in [-0.15, -0.1) is 0 Å². The molecule has 1 aromatic carbocycles. The number of benzene rings is 1. The van der Waals surface area contributed by atoms with Crippen LogP contribution in [0.3, 0.4) is 0 Å². The van der Waals surface area contributed by atoms with Crippen LogP contribution in [-0.4, -0.2) is 40.1 Å². The minimum Gasteiger partial charge on any atom is -0.391 e. The highest BCUT2D eigenvalue weighted by atomic mass is 16.3. The molecule has 0 spiro atoms. The fourth-order valence-corrected chi connectivity index (χ4v) is 2.73. The van der Waals surface area contributed by atoms with Gasteiger partial charge in [-0.3, -0.25) is 9.78 Å². The molecule has 0 bridgehead atoms. The van der Waals surface area contributed by atoms with E-state index >= 15 is 0 Å². The molecule has 1 N–H and O–H groups in total. The average molecular weight is 270 g/mol. The Morgan fingerprint density at radius 2 is 2.20 bits per heavy atom. The number of rotatable bonds is 1. The number of carbonyl (C=O) groups is 1. The van der Waals surface area contributed by atoms with Gasteiger partial charge >= 0.3 is 0 Å². The predicted octanol–water partition coefficient (Wildman–Crippen LogP) is 2.14. The third-order valence-electron chi connectivity index (χ3n) is 3.77. The highest BCUT2D eigenvalue weighted by Crippen LogP contribution is 2.21. The number of aliphatic hydroxyl groups excluding tert-OH is 1. The van der Waals surface area contributed by atoms with Gasteiger partial charge in [0.1, 0.15) is 0 Å². The number of amides is 1. The molecule has 3 rings (SSSR count). The first-order valence-electron chi connectivity index (χ1n) is 6.99. The quantitative estimate of drug-likeness (QED) is 0.863. The summed E-state index contributed by atoms with van der Waals surface area (Å²) in [7, 11) is 0. The number of aryl methyl sites for hydroxylation is 1. The van der Waals surface area contributed by atoms with Crippen molar-refractivity contribution in [1.82, 2.24) is 9.88 Å². The summed E-state index contributed by atoms with van der Waals surface area (Å²) in [6.07, 6.45) is 1.22. The summed E-state index contributed by atoms with van der Waals surface area (Å²) in [4.78, 5) is 18.9. The number of likely N-dealkylation sites (tertiary alicyclic amines) is 1. The van der Waals surface area contributed by atoms with E-state index in [-0.39, 0.29) is 5.91 Å². The van der Waals surface area contributed by atoms with E-state index in [9.17, 15) is 9.90 Å². The average Bonchev–Trinajstić information content (AvgIpc) is 2.46. The number of para-hydroxylation sites is 1. The zero-order chi connectivity index (χ0) is 14.1. The monoisotopic (exact) mass is 270 g/mol. The molecule has 104 valence electrons. The highest BCUT2D eigenvalue weighted by molar-refractivity contribution is 6.05. The molecule has 1 amide bonds. The fraction of sp³-hybridized carbons (Fsp3) is 0.375. The number of hydrogen-bond acceptors (Lipinski definition) is 3. The molecule has 1 saturated heterocycles. The summed E-state index contributed by atoms with van der Waals surface area (Å²) < 4.78 is 0. The van der Waals surface area contributed by atoms with E-state index in [0.717, 1.165) is 29.4 Å². The molecule has 1 aromatic heterocycles. The zero-order valence-corrected chi connectivity index (χ0v) is 11.5. The molecule has 2 aromatic rings. The van der Waals surface area contributed by atoms with Crippen LogP contribution < -0.4 is 0 Å². The largest absolute Gasteiger partial charge is 0.391 e. The Balaban J connectivity index is 2.00. The first-order valence-corrected chi connectivity index (χ1v) is 6.99. The highest BCUT2D eigenvalue weighted by Gasteiger charge is 2.24. The third kappa shape index (κ3) is 2.39. The summed E-state index contributed by atoms with van der Waals surface area (Å²) in [6.45, 7) is 3.05. The fourth-order valence-electron chi connectivity index (χ4n) is 2.73. The maximum Gasteiger partial charge on any atom is 0.256 e. The standard InChI is InChI=1S/C16H18N2O2/c1-11-7-8-12-4-2-6-14(15(12)17-11)16(20)18-9-3-5-13(19)10-18/h2,4,6-8,13,19H,3,5,9-10H2,1H3. The number of piperidine rings is 1. The lowest BCUT2D eigenvalue weighted by Gasteiger charge is -2.30. The molecule has 1 atom stereocenters. The maximum atomic E-state index is 12.6. The predicted molar refractivity (Wildman–Crippen MR) is 77.6 cm³/mol. The van der Waals surface area contributed by atoms with E-state index in [4.69, 9.17) is 0 Å². The first kappa shape index (κ1) is 13.1. The number of hydrogen-bond donors (Lipinski definition) is 1. The van der Waals surface area contributed by atoms with Crippen molar-refractivity contribution in [3.8, 4) is 0 Å². The van der Waals surface area contributed by atoms with Crippen molar-refractivity contribution < 1.29 is 9.90 Å². The Bertz CT molecular complexity index is 654. The van der Waals surface area contributed by atoms with Crippen LogP contribution in [0.1, 0.15) is 28.9 Å². The van der Waals surface area contributed by atoms with Crippen LogP contribution in [0.2, 0.25) is 0 Å². The van der Waals surface area contributed by atoms with E-state index in [1.54, 1.807) is 4.90 Å². The summed E-state index contributed by atoms with van der Waals surface area (Å²) in [6, 6.07) is 9.59. The van der Waals surface area contributed by atoms with Crippen molar-refractivity contribution in [2.75, 3.05) is 13.1 Å². The molecule has 1 unspecified atom stereocenters. The third-order valence-corrected chi connectivity index (χ3v) is 3.77. The summed E-state index contributed by atoms with van der Waals surface area (Å²) in [5.41, 5.74) is 2.27. The van der Waals surface area contributed by atoms with E-state index in [2.05, 4.69) is 4.98 Å². The van der Waals surface area contributed by atoms with Gasteiger partial charge in [-0.05, 0) is 31.9 Å². The van der Waals surface area contributed by atoms with Crippen LogP contribution >= 0.6 is 0 Å². The molecule has 4 nitrogen and oxygen atoms in total. The SMILES string of the molecule is Cc1ccc2cccc(C(=O)N3CCCC(O)C3)c2n1. The van der Waals surface area contributed by atoms with Crippen LogP contribution in [0.15, 0.2) is 30.3 Å². The number of carbonyl (C=O) groups excluding carboxylic acids is 1. The van der Waals surface area contributed by atoms with Crippen molar-refractivity contribution in [3.63, 3.8) is 0 Å². The van der Waals surface area contributed by atoms with Crippen molar-refractivity contribution in [1.29, 1.82) is 0 Å². The van der Waals surface area contributed by atoms with Gasteiger partial charge in [-0.2, -0.15) is 0 Å². The Kier molecular flexibility index (Phi) is 3.40. The summed E-state index contributed by atoms with van der Waals surface area (Å²) >= 11 is 0. The number of β-amino-alcohol motifs (C(OH)–C–C–N with tert-alkyl or cyclic N) is 1. The molecule has 0 radical (unpaired) electrons. The zero-order valence-electron chi connectivity index (χ0n) is 11.5. The van der Waals surface area contributed by atoms with Crippen molar-refractivity contribution in [3.05, 3.63) is 41.6 Å². The minimum absolute atomic E-state index is 0.0348. The Morgan fingerprint density at radius 1 is 1.35 bits per heavy atom. The van der Waals surface area contributed by atoms with E-state index in [0.29, 0.717) is 18.7 Å². The topological polar surface area (TPSA) is 53.4 Å². The van der Waals surface area contributed by atoms with Gasteiger partial charge in [0.15, 0.2) is 0 Å². The number of aliphatic hydroxyl groups is 1. The Morgan fingerprint density at radius 3 is 3.00 bits per heavy atom. The number of aromatic nitrogens is 1. The number of fused-ring (bicyclic) bond motifs is 1. The molecule has 2 heterocycles. The van der Waals surface area contributed by atoms with Gasteiger partial charge in [0.2, 0.25) is 0 Å². The van der Waals surface area contributed by atoms with Crippen LogP contribution in [-0.2, 0) is 0 Å². The second-order valence-electron chi connectivity index (χ2n) is 5.38. The van der Waals surface area contributed by atoms with Gasteiger partial charge in [-0.1, -0.05) is 18.2 Å². The van der Waals surface area contributed by atoms with Gasteiger partial charge in [0.05, 0.1) is 17.2 Å². The molecule has 1 fully saturated rings. The van der Waals surface area contributed by atoms with Crippen LogP contribution in [0.4, 0.5) is 0 Å². The van der Waals surface area contributed by atoms with E-state index in [1.807, 2.05) is 37.3 Å². The van der Waals surface area contributed by atoms with Gasteiger partial charge < -0.3 is 10.0 Å². The molecule has 0 saturated carbocycles. The summed E-state index contributed by atoms with van der Waals surface area (Å²) in [5.74, 6) is -0.0348. The van der Waals surface area contributed by atoms with Crippen LogP contribution in [0, 0.1) is 6.92 Å². The molecule has 1 aliphatic heterocycles. The lowest BCUT2D eigenvalue weighted by Crippen LogP contribution is -2.42. The smallest absolute Gasteiger partial charge is 0.256 e. The van der Waals surface area contributed by atoms with Gasteiger partial charge in [0.25, 0.3) is 5.91 Å². The number of pyridine rings is 1. The van der Waals surface area contributed by atoms with Crippen molar-refractivity contribution >= 4 is 16.8 Å². The second-order valence-corrected chi connectivity index (χ2v) is 5.38.